The number of benzene rings is 1. The van der Waals surface area contributed by atoms with Crippen molar-refractivity contribution in [3.8, 4) is 0 Å². The van der Waals surface area contributed by atoms with E-state index in [0.29, 0.717) is 5.92 Å². The van der Waals surface area contributed by atoms with Crippen molar-refractivity contribution in [3.05, 3.63) is 34.9 Å². The maximum atomic E-state index is 6.55. The molecule has 0 saturated heterocycles. The van der Waals surface area contributed by atoms with Crippen molar-refractivity contribution in [1.82, 2.24) is 0 Å². The van der Waals surface area contributed by atoms with Crippen LogP contribution in [0.15, 0.2) is 24.3 Å². The average molecular weight is 271 g/mol. The normalized spacial score (nSPS) is 26.8. The summed E-state index contributed by atoms with van der Waals surface area (Å²) in [4.78, 5) is 0. The van der Waals surface area contributed by atoms with Crippen LogP contribution in [0.3, 0.4) is 0 Å². The molecule has 2 heteroatoms. The lowest BCUT2D eigenvalue weighted by Crippen LogP contribution is -2.22. The van der Waals surface area contributed by atoms with Crippen molar-refractivity contribution >= 4 is 23.2 Å². The maximum Gasteiger partial charge on any atom is 0.0406 e. The predicted molar refractivity (Wildman–Crippen MR) is 75.9 cm³/mol. The molecule has 1 atom stereocenters. The molecule has 0 heterocycles. The summed E-state index contributed by atoms with van der Waals surface area (Å²) >= 11 is 12.4. The van der Waals surface area contributed by atoms with Crippen molar-refractivity contribution in [2.75, 3.05) is 0 Å². The summed E-state index contributed by atoms with van der Waals surface area (Å²) in [5.74, 6) is 1.59. The van der Waals surface area contributed by atoms with Crippen LogP contribution in [0.2, 0.25) is 5.02 Å². The van der Waals surface area contributed by atoms with Gasteiger partial charge in [-0.1, -0.05) is 43.5 Å². The van der Waals surface area contributed by atoms with Gasteiger partial charge in [-0.2, -0.15) is 0 Å². The second kappa shape index (κ2) is 6.11. The van der Waals surface area contributed by atoms with E-state index in [1.165, 1.54) is 31.2 Å². The van der Waals surface area contributed by atoms with Gasteiger partial charge in [0.25, 0.3) is 0 Å². The van der Waals surface area contributed by atoms with Crippen LogP contribution < -0.4 is 0 Å². The van der Waals surface area contributed by atoms with Gasteiger partial charge in [0.05, 0.1) is 0 Å². The van der Waals surface area contributed by atoms with Gasteiger partial charge in [-0.3, -0.25) is 0 Å². The van der Waals surface area contributed by atoms with E-state index in [1.807, 2.05) is 12.1 Å². The number of halogens is 2. The van der Waals surface area contributed by atoms with Gasteiger partial charge >= 0.3 is 0 Å². The third-order valence-electron chi connectivity index (χ3n) is 3.92. The number of hydrogen-bond donors (Lipinski definition) is 0. The molecule has 1 unspecified atom stereocenters. The Kier molecular flexibility index (Phi) is 4.76. The first-order valence-electron chi connectivity index (χ1n) is 6.53. The molecular formula is C15H20Cl2. The SMILES string of the molecule is CC1CCC(C(Cl)Cc2ccc(Cl)cc2)CC1. The Morgan fingerprint density at radius 3 is 2.29 bits per heavy atom. The van der Waals surface area contributed by atoms with Gasteiger partial charge in [-0.25, -0.2) is 0 Å². The van der Waals surface area contributed by atoms with E-state index in [-0.39, 0.29) is 5.38 Å². The summed E-state index contributed by atoms with van der Waals surface area (Å²) in [6.07, 6.45) is 6.24. The van der Waals surface area contributed by atoms with E-state index in [1.54, 1.807) is 0 Å². The van der Waals surface area contributed by atoms with Gasteiger partial charge in [-0.05, 0) is 48.8 Å². The summed E-state index contributed by atoms with van der Waals surface area (Å²) in [6, 6.07) is 8.07. The summed E-state index contributed by atoms with van der Waals surface area (Å²) in [5.41, 5.74) is 1.30. The fourth-order valence-electron chi connectivity index (χ4n) is 2.66. The molecule has 1 saturated carbocycles. The Labute approximate surface area is 114 Å². The molecule has 1 aromatic carbocycles. The highest BCUT2D eigenvalue weighted by Crippen LogP contribution is 2.33. The quantitative estimate of drug-likeness (QED) is 0.653. The van der Waals surface area contributed by atoms with Gasteiger partial charge in [0.15, 0.2) is 0 Å². The van der Waals surface area contributed by atoms with Crippen molar-refractivity contribution in [2.45, 2.75) is 44.4 Å². The molecule has 0 amide bonds. The summed E-state index contributed by atoms with van der Waals surface area (Å²) in [5, 5.41) is 1.08. The third-order valence-corrected chi connectivity index (χ3v) is 4.68. The highest BCUT2D eigenvalue weighted by atomic mass is 35.5. The molecule has 94 valence electrons. The van der Waals surface area contributed by atoms with Crippen LogP contribution in [0.4, 0.5) is 0 Å². The van der Waals surface area contributed by atoms with Crippen LogP contribution in [0.5, 0.6) is 0 Å². The highest BCUT2D eigenvalue weighted by molar-refractivity contribution is 6.30. The third kappa shape index (κ3) is 3.89. The van der Waals surface area contributed by atoms with Crippen molar-refractivity contribution in [1.29, 1.82) is 0 Å². The molecule has 2 rings (SSSR count). The molecule has 1 aliphatic rings. The van der Waals surface area contributed by atoms with E-state index in [9.17, 15) is 0 Å². The Hall–Kier alpha value is -0.200. The Balaban J connectivity index is 1.88. The van der Waals surface area contributed by atoms with Crippen LogP contribution in [0, 0.1) is 11.8 Å². The Morgan fingerprint density at radius 1 is 1.12 bits per heavy atom. The molecule has 0 radical (unpaired) electrons. The zero-order valence-electron chi connectivity index (χ0n) is 10.3. The lowest BCUT2D eigenvalue weighted by Gasteiger charge is -2.29. The number of rotatable bonds is 3. The second-order valence-corrected chi connectivity index (χ2v) is 6.36. The average Bonchev–Trinajstić information content (AvgIpc) is 2.33. The first-order valence-corrected chi connectivity index (χ1v) is 7.35. The summed E-state index contributed by atoms with van der Waals surface area (Å²) in [7, 11) is 0. The van der Waals surface area contributed by atoms with Crippen LogP contribution in [-0.2, 0) is 6.42 Å². The first-order chi connectivity index (χ1) is 8.15. The first kappa shape index (κ1) is 13.2. The monoisotopic (exact) mass is 270 g/mol. The van der Waals surface area contributed by atoms with Crippen molar-refractivity contribution in [3.63, 3.8) is 0 Å². The lowest BCUT2D eigenvalue weighted by molar-refractivity contribution is 0.281. The summed E-state index contributed by atoms with van der Waals surface area (Å²) < 4.78 is 0. The summed E-state index contributed by atoms with van der Waals surface area (Å²) in [6.45, 7) is 2.35. The molecule has 17 heavy (non-hydrogen) atoms. The van der Waals surface area contributed by atoms with Crippen LogP contribution >= 0.6 is 23.2 Å². The van der Waals surface area contributed by atoms with E-state index >= 15 is 0 Å². The smallest absolute Gasteiger partial charge is 0.0406 e. The molecule has 0 spiro atoms. The molecule has 0 aliphatic heterocycles. The van der Waals surface area contributed by atoms with Crippen LogP contribution in [0.1, 0.15) is 38.2 Å². The second-order valence-electron chi connectivity index (χ2n) is 5.37. The molecule has 0 bridgehead atoms. The fraction of sp³-hybridized carbons (Fsp3) is 0.600. The van der Waals surface area contributed by atoms with E-state index < -0.39 is 0 Å². The number of alkyl halides is 1. The Bertz CT molecular complexity index is 336. The lowest BCUT2D eigenvalue weighted by atomic mass is 9.80. The number of hydrogen-bond acceptors (Lipinski definition) is 0. The Morgan fingerprint density at radius 2 is 1.71 bits per heavy atom. The topological polar surface area (TPSA) is 0 Å². The largest absolute Gasteiger partial charge is 0.122 e. The molecular weight excluding hydrogens is 251 g/mol. The zero-order valence-corrected chi connectivity index (χ0v) is 11.8. The molecule has 0 nitrogen and oxygen atoms in total. The van der Waals surface area contributed by atoms with E-state index in [2.05, 4.69) is 19.1 Å². The van der Waals surface area contributed by atoms with Crippen molar-refractivity contribution in [2.24, 2.45) is 11.8 Å². The molecule has 0 N–H and O–H groups in total. The molecule has 1 fully saturated rings. The van der Waals surface area contributed by atoms with Gasteiger partial charge in [-0.15, -0.1) is 11.6 Å². The minimum absolute atomic E-state index is 0.281. The standard InChI is InChI=1S/C15H20Cl2/c1-11-2-6-13(7-3-11)15(17)10-12-4-8-14(16)9-5-12/h4-5,8-9,11,13,15H,2-3,6-7,10H2,1H3. The maximum absolute atomic E-state index is 6.55. The highest BCUT2D eigenvalue weighted by Gasteiger charge is 2.24. The van der Waals surface area contributed by atoms with Crippen LogP contribution in [0.25, 0.3) is 0 Å². The van der Waals surface area contributed by atoms with Gasteiger partial charge in [0, 0.05) is 10.4 Å². The minimum atomic E-state index is 0.281. The fourth-order valence-corrected chi connectivity index (χ4v) is 3.22. The molecule has 1 aliphatic carbocycles. The van der Waals surface area contributed by atoms with Gasteiger partial charge in [0.1, 0.15) is 0 Å². The van der Waals surface area contributed by atoms with Crippen LogP contribution in [-0.4, -0.2) is 5.38 Å². The van der Waals surface area contributed by atoms with E-state index in [0.717, 1.165) is 17.4 Å². The minimum Gasteiger partial charge on any atom is -0.122 e. The van der Waals surface area contributed by atoms with Gasteiger partial charge < -0.3 is 0 Å². The van der Waals surface area contributed by atoms with E-state index in [4.69, 9.17) is 23.2 Å². The van der Waals surface area contributed by atoms with Crippen molar-refractivity contribution < 1.29 is 0 Å². The molecule has 0 aromatic heterocycles. The predicted octanol–water partition coefficient (Wildman–Crippen LogP) is 5.32. The molecule has 1 aromatic rings. The zero-order chi connectivity index (χ0) is 12.3. The van der Waals surface area contributed by atoms with Gasteiger partial charge in [0.2, 0.25) is 0 Å².